The van der Waals surface area contributed by atoms with Gasteiger partial charge in [-0.05, 0) is 52.9 Å². The van der Waals surface area contributed by atoms with Gasteiger partial charge >= 0.3 is 12.1 Å². The summed E-state index contributed by atoms with van der Waals surface area (Å²) in [6.07, 6.45) is 2.07. The molecule has 1 unspecified atom stereocenters. The fourth-order valence-corrected chi connectivity index (χ4v) is 5.41. The van der Waals surface area contributed by atoms with Crippen LogP contribution in [0.2, 0.25) is 0 Å². The molecule has 2 fully saturated rings. The molecule has 1 spiro atoms. The number of carbonyl (C=O) groups is 3. The topological polar surface area (TPSA) is 76.2 Å². The Hall–Kier alpha value is -1.44. The van der Waals surface area contributed by atoms with E-state index >= 15 is 0 Å². The highest BCUT2D eigenvalue weighted by atomic mass is 32.2. The second-order valence-corrected chi connectivity index (χ2v) is 10.8. The van der Waals surface area contributed by atoms with E-state index in [0.717, 1.165) is 6.42 Å². The van der Waals surface area contributed by atoms with E-state index in [0.29, 0.717) is 45.0 Å². The maximum absolute atomic E-state index is 13.1. The van der Waals surface area contributed by atoms with Gasteiger partial charge in [-0.15, -0.1) is 11.8 Å². The molecule has 0 radical (unpaired) electrons. The summed E-state index contributed by atoms with van der Waals surface area (Å²) in [5, 5.41) is -0.408. The molecule has 2 aliphatic rings. The average Bonchev–Trinajstić information content (AvgIpc) is 2.83. The van der Waals surface area contributed by atoms with Crippen LogP contribution in [-0.4, -0.2) is 69.7 Å². The predicted molar refractivity (Wildman–Crippen MR) is 114 cm³/mol. The largest absolute Gasteiger partial charge is 0.466 e. The number of hydrogen-bond acceptors (Lipinski definition) is 6. The summed E-state index contributed by atoms with van der Waals surface area (Å²) < 4.78 is 10.6. The number of rotatable bonds is 6. The minimum absolute atomic E-state index is 0.0226. The lowest BCUT2D eigenvalue weighted by molar-refractivity contribution is -0.145. The van der Waals surface area contributed by atoms with Crippen molar-refractivity contribution in [2.75, 3.05) is 26.2 Å². The zero-order chi connectivity index (χ0) is 21.8. The van der Waals surface area contributed by atoms with E-state index < -0.39 is 10.9 Å². The zero-order valence-corrected chi connectivity index (χ0v) is 19.5. The monoisotopic (exact) mass is 428 g/mol. The van der Waals surface area contributed by atoms with Crippen molar-refractivity contribution in [2.24, 2.45) is 5.92 Å². The molecular formula is C21H36N2O5S. The first-order valence-electron chi connectivity index (χ1n) is 10.6. The molecule has 8 heteroatoms. The van der Waals surface area contributed by atoms with Gasteiger partial charge in [0.05, 0.1) is 23.1 Å². The molecule has 0 aromatic heterocycles. The van der Waals surface area contributed by atoms with Crippen molar-refractivity contribution in [3.05, 3.63) is 0 Å². The molecule has 7 nitrogen and oxygen atoms in total. The molecule has 1 atom stereocenters. The van der Waals surface area contributed by atoms with Crippen molar-refractivity contribution in [1.29, 1.82) is 0 Å². The number of carbonyl (C=O) groups excluding carboxylic acids is 3. The number of hydrogen-bond donors (Lipinski definition) is 0. The molecule has 2 aliphatic heterocycles. The third-order valence-corrected chi connectivity index (χ3v) is 6.90. The van der Waals surface area contributed by atoms with Crippen molar-refractivity contribution in [2.45, 2.75) is 82.9 Å². The fourth-order valence-electron chi connectivity index (χ4n) is 3.71. The smallest absolute Gasteiger partial charge is 0.410 e. The Morgan fingerprint density at radius 2 is 1.86 bits per heavy atom. The summed E-state index contributed by atoms with van der Waals surface area (Å²) in [4.78, 5) is 40.9. The normalized spacial score (nSPS) is 21.8. The number of piperidine rings is 1. The fraction of sp³-hybridized carbons (Fsp3) is 0.857. The van der Waals surface area contributed by atoms with Crippen LogP contribution in [0.4, 0.5) is 4.79 Å². The van der Waals surface area contributed by atoms with Crippen LogP contribution in [0.15, 0.2) is 0 Å². The molecule has 0 saturated carbocycles. The number of amides is 2. The molecule has 0 aliphatic carbocycles. The summed E-state index contributed by atoms with van der Waals surface area (Å²) in [6, 6.07) is 0. The predicted octanol–water partition coefficient (Wildman–Crippen LogP) is 3.66. The van der Waals surface area contributed by atoms with Crippen LogP contribution < -0.4 is 0 Å². The third-order valence-electron chi connectivity index (χ3n) is 5.18. The molecule has 2 heterocycles. The number of nitrogens with zero attached hydrogens (tertiary/aromatic N) is 2. The van der Waals surface area contributed by atoms with Gasteiger partial charge in [-0.3, -0.25) is 9.59 Å². The SMILES string of the molecule is CCOC(=O)CC1SC2(CCN(C(=O)OC(C)(C)C)CC2)N(CCC(C)C)C1=O. The first kappa shape index (κ1) is 23.8. The van der Waals surface area contributed by atoms with Crippen LogP contribution in [0.5, 0.6) is 0 Å². The lowest BCUT2D eigenvalue weighted by Gasteiger charge is -2.44. The lowest BCUT2D eigenvalue weighted by atomic mass is 10.0. The van der Waals surface area contributed by atoms with Crippen molar-refractivity contribution >= 4 is 29.7 Å². The van der Waals surface area contributed by atoms with E-state index in [2.05, 4.69) is 13.8 Å². The van der Waals surface area contributed by atoms with Crippen LogP contribution in [-0.2, 0) is 19.1 Å². The molecule has 2 saturated heterocycles. The van der Waals surface area contributed by atoms with Crippen LogP contribution >= 0.6 is 11.8 Å². The number of ether oxygens (including phenoxy) is 2. The Morgan fingerprint density at radius 1 is 1.24 bits per heavy atom. The van der Waals surface area contributed by atoms with E-state index in [1.165, 1.54) is 0 Å². The van der Waals surface area contributed by atoms with E-state index in [1.54, 1.807) is 23.6 Å². The second-order valence-electron chi connectivity index (χ2n) is 9.20. The van der Waals surface area contributed by atoms with Gasteiger partial charge in [-0.25, -0.2) is 4.79 Å². The summed E-state index contributed by atoms with van der Waals surface area (Å²) >= 11 is 1.58. The van der Waals surface area contributed by atoms with Gasteiger partial charge in [0.25, 0.3) is 0 Å². The van der Waals surface area contributed by atoms with Gasteiger partial charge < -0.3 is 19.3 Å². The van der Waals surface area contributed by atoms with Gasteiger partial charge in [0, 0.05) is 19.6 Å². The van der Waals surface area contributed by atoms with Crippen molar-refractivity contribution in [3.8, 4) is 0 Å². The van der Waals surface area contributed by atoms with Crippen molar-refractivity contribution < 1.29 is 23.9 Å². The Morgan fingerprint density at radius 3 is 2.38 bits per heavy atom. The minimum Gasteiger partial charge on any atom is -0.466 e. The van der Waals surface area contributed by atoms with Gasteiger partial charge in [0.2, 0.25) is 5.91 Å². The zero-order valence-electron chi connectivity index (χ0n) is 18.7. The van der Waals surface area contributed by atoms with E-state index in [9.17, 15) is 14.4 Å². The van der Waals surface area contributed by atoms with Crippen LogP contribution in [0.25, 0.3) is 0 Å². The molecular weight excluding hydrogens is 392 g/mol. The molecule has 0 aromatic rings. The Bertz CT molecular complexity index is 609. The van der Waals surface area contributed by atoms with Gasteiger partial charge in [0.15, 0.2) is 0 Å². The maximum Gasteiger partial charge on any atom is 0.410 e. The molecule has 0 bridgehead atoms. The molecule has 0 N–H and O–H groups in total. The minimum atomic E-state index is -0.529. The summed E-state index contributed by atoms with van der Waals surface area (Å²) in [6.45, 7) is 13.7. The first-order valence-corrected chi connectivity index (χ1v) is 11.5. The Balaban J connectivity index is 2.10. The van der Waals surface area contributed by atoms with Crippen molar-refractivity contribution in [3.63, 3.8) is 0 Å². The standard InChI is InChI=1S/C21H36N2O5S/c1-7-27-17(24)14-16-18(25)23(11-8-15(2)3)21(29-16)9-12-22(13-10-21)19(26)28-20(4,5)6/h15-16H,7-14H2,1-6H3. The quantitative estimate of drug-likeness (QED) is 0.601. The van der Waals surface area contributed by atoms with Crippen LogP contribution in [0.1, 0.15) is 67.2 Å². The maximum atomic E-state index is 13.1. The lowest BCUT2D eigenvalue weighted by Crippen LogP contribution is -2.53. The molecule has 2 amide bonds. The molecule has 0 aromatic carbocycles. The highest BCUT2D eigenvalue weighted by Gasteiger charge is 2.53. The molecule has 29 heavy (non-hydrogen) atoms. The van der Waals surface area contributed by atoms with Gasteiger partial charge in [-0.1, -0.05) is 13.8 Å². The third kappa shape index (κ3) is 6.27. The highest BCUT2D eigenvalue weighted by Crippen LogP contribution is 2.49. The van der Waals surface area contributed by atoms with Crippen LogP contribution in [0.3, 0.4) is 0 Å². The van der Waals surface area contributed by atoms with E-state index in [4.69, 9.17) is 9.47 Å². The van der Waals surface area contributed by atoms with Gasteiger partial charge in [0.1, 0.15) is 5.60 Å². The van der Waals surface area contributed by atoms with Crippen LogP contribution in [0, 0.1) is 5.92 Å². The summed E-state index contributed by atoms with van der Waals surface area (Å²) in [5.74, 6) is 0.177. The number of likely N-dealkylation sites (tertiary alicyclic amines) is 1. The average molecular weight is 429 g/mol. The second kappa shape index (κ2) is 9.58. The summed E-state index contributed by atoms with van der Waals surface area (Å²) in [7, 11) is 0. The number of esters is 1. The van der Waals surface area contributed by atoms with E-state index in [-0.39, 0.29) is 29.3 Å². The van der Waals surface area contributed by atoms with Gasteiger partial charge in [-0.2, -0.15) is 0 Å². The molecule has 2 rings (SSSR count). The highest BCUT2D eigenvalue weighted by molar-refractivity contribution is 8.02. The van der Waals surface area contributed by atoms with E-state index in [1.807, 2.05) is 25.7 Å². The Labute approximate surface area is 178 Å². The molecule has 166 valence electrons. The Kier molecular flexibility index (Phi) is 7.87. The number of thioether (sulfide) groups is 1. The summed E-state index contributed by atoms with van der Waals surface area (Å²) in [5.41, 5.74) is -0.529. The van der Waals surface area contributed by atoms with Crippen molar-refractivity contribution in [1.82, 2.24) is 9.80 Å². The first-order chi connectivity index (χ1) is 13.5.